The van der Waals surface area contributed by atoms with Crippen molar-refractivity contribution in [2.75, 3.05) is 52.2 Å². The van der Waals surface area contributed by atoms with E-state index in [9.17, 15) is 8.42 Å². The van der Waals surface area contributed by atoms with E-state index in [2.05, 4.69) is 69.7 Å². The van der Waals surface area contributed by atoms with Gasteiger partial charge in [0.25, 0.3) is 10.1 Å². The van der Waals surface area contributed by atoms with Gasteiger partial charge in [0.05, 0.1) is 34.2 Å². The number of hydrogen-bond acceptors (Lipinski definition) is 8. The van der Waals surface area contributed by atoms with Gasteiger partial charge in [0, 0.05) is 24.8 Å². The molecule has 0 radical (unpaired) electrons. The molecule has 42 heavy (non-hydrogen) atoms. The van der Waals surface area contributed by atoms with Crippen LogP contribution in [0.25, 0.3) is 5.69 Å². The van der Waals surface area contributed by atoms with Crippen molar-refractivity contribution in [3.63, 3.8) is 0 Å². The van der Waals surface area contributed by atoms with E-state index in [0.29, 0.717) is 19.6 Å². The first kappa shape index (κ1) is 32.9. The third-order valence-corrected chi connectivity index (χ3v) is 7.10. The van der Waals surface area contributed by atoms with E-state index in [-0.39, 0.29) is 5.88 Å². The van der Waals surface area contributed by atoms with Crippen LogP contribution in [0.15, 0.2) is 60.7 Å². The van der Waals surface area contributed by atoms with Crippen molar-refractivity contribution in [3.05, 3.63) is 84.0 Å². The van der Waals surface area contributed by atoms with Gasteiger partial charge in [0.15, 0.2) is 6.67 Å². The summed E-state index contributed by atoms with van der Waals surface area (Å²) in [4.78, 5) is 3.57. The molecule has 1 N–H and O–H groups in total. The predicted octanol–water partition coefficient (Wildman–Crippen LogP) is 3.23. The highest BCUT2D eigenvalue weighted by molar-refractivity contribution is 7.85. The maximum absolute atomic E-state index is 10.8. The number of quaternary nitrogens is 1. The first-order chi connectivity index (χ1) is 19.8. The number of rotatable bonds is 12. The lowest BCUT2D eigenvalue weighted by Crippen LogP contribution is -2.38. The summed E-state index contributed by atoms with van der Waals surface area (Å²) in [5, 5.41) is 17.5. The Kier molecular flexibility index (Phi) is 11.3. The molecule has 228 valence electrons. The monoisotopic (exact) mass is 598 g/mol. The fourth-order valence-corrected chi connectivity index (χ4v) is 5.18. The standard InChI is InChI=1S/C18H26N7.C11H18N2O3S/c1-6-16-20-21-17(23(16)13-25(3,4)5)12-18-22-19-14(2)24(18)15-10-8-7-9-11-15;1-3-13(10-17(14,15)16)9-12(2)11-7-5-4-6-8-11/h7-11H,6,12-13H2,1-5H3;4-8H,3,9-10H2,1-2H3,(H,14,15,16)/q+1;. The van der Waals surface area contributed by atoms with Crippen LogP contribution in [0, 0.1) is 6.92 Å². The lowest BCUT2D eigenvalue weighted by Gasteiger charge is -2.27. The van der Waals surface area contributed by atoms with Gasteiger partial charge in [0.1, 0.15) is 29.2 Å². The minimum Gasteiger partial charge on any atom is -0.362 e. The van der Waals surface area contributed by atoms with Crippen LogP contribution in [0.5, 0.6) is 0 Å². The highest BCUT2D eigenvalue weighted by atomic mass is 32.2. The molecule has 0 saturated heterocycles. The SMILES string of the molecule is CCN(CN(C)c1ccccc1)CS(=O)(=O)O.CCc1nnc(Cc2nnc(C)n2-c2ccccc2)n1C[N+](C)(C)C. The first-order valence-corrected chi connectivity index (χ1v) is 15.5. The fourth-order valence-electron chi connectivity index (χ4n) is 4.45. The van der Waals surface area contributed by atoms with Crippen molar-refractivity contribution in [1.82, 2.24) is 34.4 Å². The Hall–Kier alpha value is -3.65. The number of aryl methyl sites for hydroxylation is 2. The third-order valence-electron chi connectivity index (χ3n) is 6.41. The molecular formula is C29H44N9O3S+. The topological polar surface area (TPSA) is 122 Å². The largest absolute Gasteiger partial charge is 0.362 e. The van der Waals surface area contributed by atoms with Gasteiger partial charge in [-0.15, -0.1) is 20.4 Å². The molecule has 4 aromatic rings. The van der Waals surface area contributed by atoms with Gasteiger partial charge >= 0.3 is 0 Å². The molecule has 0 bridgehead atoms. The molecular weight excluding hydrogens is 554 g/mol. The summed E-state index contributed by atoms with van der Waals surface area (Å²) in [6.45, 7) is 7.75. The van der Waals surface area contributed by atoms with Crippen molar-refractivity contribution in [2.45, 2.75) is 40.3 Å². The van der Waals surface area contributed by atoms with Crippen LogP contribution in [0.2, 0.25) is 0 Å². The van der Waals surface area contributed by atoms with E-state index in [1.165, 1.54) is 0 Å². The number of nitrogens with zero attached hydrogens (tertiary/aromatic N) is 9. The zero-order chi connectivity index (χ0) is 30.9. The minimum atomic E-state index is -3.96. The van der Waals surface area contributed by atoms with Crippen molar-refractivity contribution in [3.8, 4) is 5.69 Å². The second-order valence-electron chi connectivity index (χ2n) is 11.1. The van der Waals surface area contributed by atoms with Gasteiger partial charge in [-0.3, -0.25) is 18.6 Å². The summed E-state index contributed by atoms with van der Waals surface area (Å²) >= 11 is 0. The second-order valence-corrected chi connectivity index (χ2v) is 12.6. The Morgan fingerprint density at radius 2 is 1.43 bits per heavy atom. The van der Waals surface area contributed by atoms with Crippen LogP contribution in [0.3, 0.4) is 0 Å². The molecule has 2 aromatic carbocycles. The van der Waals surface area contributed by atoms with Crippen molar-refractivity contribution in [2.24, 2.45) is 0 Å². The molecule has 4 rings (SSSR count). The summed E-state index contributed by atoms with van der Waals surface area (Å²) < 4.78 is 35.5. The van der Waals surface area contributed by atoms with Gasteiger partial charge in [0.2, 0.25) is 0 Å². The van der Waals surface area contributed by atoms with E-state index < -0.39 is 10.1 Å². The molecule has 0 atom stereocenters. The Balaban J connectivity index is 0.000000250. The summed E-state index contributed by atoms with van der Waals surface area (Å²) in [5.41, 5.74) is 2.06. The van der Waals surface area contributed by atoms with Crippen molar-refractivity contribution >= 4 is 15.8 Å². The van der Waals surface area contributed by atoms with Crippen LogP contribution in [0.4, 0.5) is 5.69 Å². The Bertz CT molecular complexity index is 1500. The molecule has 2 aromatic heterocycles. The van der Waals surface area contributed by atoms with Crippen LogP contribution in [-0.2, 0) is 29.6 Å². The fraction of sp³-hybridized carbons (Fsp3) is 0.448. The van der Waals surface area contributed by atoms with Crippen LogP contribution in [-0.4, -0.2) is 99.2 Å². The zero-order valence-corrected chi connectivity index (χ0v) is 26.5. The normalized spacial score (nSPS) is 11.8. The van der Waals surface area contributed by atoms with Crippen LogP contribution < -0.4 is 4.90 Å². The molecule has 0 amide bonds. The predicted molar refractivity (Wildman–Crippen MR) is 165 cm³/mol. The van der Waals surface area contributed by atoms with Gasteiger partial charge in [-0.05, 0) is 37.7 Å². The van der Waals surface area contributed by atoms with E-state index in [4.69, 9.17) is 4.55 Å². The molecule has 2 heterocycles. The van der Waals surface area contributed by atoms with Gasteiger partial charge < -0.3 is 9.38 Å². The molecule has 0 saturated carbocycles. The molecule has 0 aliphatic heterocycles. The number of para-hydroxylation sites is 2. The van der Waals surface area contributed by atoms with Crippen molar-refractivity contribution in [1.29, 1.82) is 0 Å². The van der Waals surface area contributed by atoms with Crippen LogP contribution >= 0.6 is 0 Å². The van der Waals surface area contributed by atoms with Gasteiger partial charge in [-0.2, -0.15) is 8.42 Å². The second kappa shape index (κ2) is 14.5. The third kappa shape index (κ3) is 9.72. The average Bonchev–Trinajstić information content (AvgIpc) is 3.49. The zero-order valence-electron chi connectivity index (χ0n) is 25.7. The molecule has 0 aliphatic carbocycles. The van der Waals surface area contributed by atoms with Crippen LogP contribution in [0.1, 0.15) is 37.1 Å². The molecule has 12 nitrogen and oxygen atoms in total. The Labute approximate surface area is 249 Å². The van der Waals surface area contributed by atoms with E-state index in [1.54, 1.807) is 4.90 Å². The maximum Gasteiger partial charge on any atom is 0.278 e. The van der Waals surface area contributed by atoms with Gasteiger partial charge in [-0.25, -0.2) is 0 Å². The summed E-state index contributed by atoms with van der Waals surface area (Å²) in [7, 11) is 4.41. The molecule has 0 fully saturated rings. The highest BCUT2D eigenvalue weighted by Gasteiger charge is 2.20. The number of benzene rings is 2. The average molecular weight is 599 g/mol. The lowest BCUT2D eigenvalue weighted by molar-refractivity contribution is -0.893. The smallest absolute Gasteiger partial charge is 0.278 e. The molecule has 13 heteroatoms. The number of anilines is 1. The quantitative estimate of drug-likeness (QED) is 0.149. The van der Waals surface area contributed by atoms with E-state index in [0.717, 1.165) is 52.2 Å². The molecule has 0 aliphatic rings. The summed E-state index contributed by atoms with van der Waals surface area (Å²) in [6, 6.07) is 19.8. The number of aromatic nitrogens is 6. The minimum absolute atomic E-state index is 0.347. The van der Waals surface area contributed by atoms with E-state index >= 15 is 0 Å². The summed E-state index contributed by atoms with van der Waals surface area (Å²) in [6.07, 6.45) is 1.46. The number of hydrogen-bond donors (Lipinski definition) is 1. The summed E-state index contributed by atoms with van der Waals surface area (Å²) in [5.74, 6) is 3.33. The van der Waals surface area contributed by atoms with Crippen molar-refractivity contribution < 1.29 is 17.5 Å². The first-order valence-electron chi connectivity index (χ1n) is 13.9. The van der Waals surface area contributed by atoms with E-state index in [1.807, 2.05) is 74.3 Å². The molecule has 0 spiro atoms. The Morgan fingerprint density at radius 3 is 1.98 bits per heavy atom. The lowest BCUT2D eigenvalue weighted by atomic mass is 10.3. The Morgan fingerprint density at radius 1 is 0.857 bits per heavy atom. The maximum atomic E-state index is 10.8. The van der Waals surface area contributed by atoms with Gasteiger partial charge in [-0.1, -0.05) is 50.2 Å². The molecule has 0 unspecified atom stereocenters. The highest BCUT2D eigenvalue weighted by Crippen LogP contribution is 2.17.